The van der Waals surface area contributed by atoms with Gasteiger partial charge in [-0.05, 0) is 18.6 Å². The smallest absolute Gasteiger partial charge is 0.205 e. The van der Waals surface area contributed by atoms with E-state index in [1.807, 2.05) is 28.8 Å². The summed E-state index contributed by atoms with van der Waals surface area (Å²) in [4.78, 5) is 4.46. The number of sulfone groups is 1. The first-order valence-electron chi connectivity index (χ1n) is 8.27. The van der Waals surface area contributed by atoms with E-state index in [9.17, 15) is 8.42 Å². The number of allylic oxidation sites excluding steroid dienone is 1. The Hall–Kier alpha value is -2.13. The minimum atomic E-state index is -2.97. The number of oxazole rings is 1. The number of thioether (sulfide) groups is 1. The molecule has 136 valence electrons. The summed E-state index contributed by atoms with van der Waals surface area (Å²) in [6.45, 7) is 4.32. The Labute approximate surface area is 155 Å². The first kappa shape index (κ1) is 17.3. The molecule has 0 spiro atoms. The van der Waals surface area contributed by atoms with Gasteiger partial charge in [0, 0.05) is 12.5 Å². The highest BCUT2D eigenvalue weighted by Crippen LogP contribution is 2.31. The van der Waals surface area contributed by atoms with Crippen LogP contribution in [0.1, 0.15) is 24.1 Å². The molecular weight excluding hydrogens is 372 g/mol. The Kier molecular flexibility index (Phi) is 4.58. The van der Waals surface area contributed by atoms with Gasteiger partial charge in [-0.1, -0.05) is 30.0 Å². The Bertz CT molecular complexity index is 1020. The first-order valence-corrected chi connectivity index (χ1v) is 11.1. The van der Waals surface area contributed by atoms with Crippen molar-refractivity contribution in [1.29, 1.82) is 0 Å². The molecule has 0 saturated carbocycles. The summed E-state index contributed by atoms with van der Waals surface area (Å²) in [6.07, 6.45) is 2.35. The standard InChI is InChI=1S/C17H18N4O3S2/c1-2-8-21-16(12-7-9-26(22,23)11-12)19-20-17(21)25-10-15-18-13-5-3-4-6-14(13)24-15/h2-6,12H,1,7-11H2/t12-/m1/s1. The van der Waals surface area contributed by atoms with Crippen LogP contribution in [0.2, 0.25) is 0 Å². The van der Waals surface area contributed by atoms with Gasteiger partial charge in [-0.2, -0.15) is 0 Å². The van der Waals surface area contributed by atoms with Gasteiger partial charge in [0.1, 0.15) is 11.3 Å². The van der Waals surface area contributed by atoms with Crippen molar-refractivity contribution in [2.75, 3.05) is 11.5 Å². The predicted molar refractivity (Wildman–Crippen MR) is 99.8 cm³/mol. The molecule has 4 rings (SSSR count). The maximum absolute atomic E-state index is 11.8. The minimum absolute atomic E-state index is 0.105. The van der Waals surface area contributed by atoms with E-state index in [4.69, 9.17) is 4.42 Å². The van der Waals surface area contributed by atoms with Gasteiger partial charge >= 0.3 is 0 Å². The second-order valence-electron chi connectivity index (χ2n) is 6.20. The van der Waals surface area contributed by atoms with E-state index in [1.165, 1.54) is 11.8 Å². The van der Waals surface area contributed by atoms with E-state index in [-0.39, 0.29) is 17.4 Å². The van der Waals surface area contributed by atoms with Crippen molar-refractivity contribution in [3.63, 3.8) is 0 Å². The molecule has 1 saturated heterocycles. The molecule has 3 aromatic rings. The largest absolute Gasteiger partial charge is 0.440 e. The fourth-order valence-corrected chi connectivity index (χ4v) is 5.65. The predicted octanol–water partition coefficient (Wildman–Crippen LogP) is 2.80. The molecule has 0 amide bonds. The minimum Gasteiger partial charge on any atom is -0.440 e. The molecule has 2 aromatic heterocycles. The third kappa shape index (κ3) is 3.41. The van der Waals surface area contributed by atoms with Crippen LogP contribution in [0.5, 0.6) is 0 Å². The number of aromatic nitrogens is 4. The molecule has 0 radical (unpaired) electrons. The summed E-state index contributed by atoms with van der Waals surface area (Å²) in [6, 6.07) is 7.62. The van der Waals surface area contributed by atoms with Crippen LogP contribution in [0.15, 0.2) is 46.5 Å². The van der Waals surface area contributed by atoms with Crippen LogP contribution in [0.3, 0.4) is 0 Å². The normalized spacial score (nSPS) is 19.2. The Balaban J connectivity index is 1.55. The van der Waals surface area contributed by atoms with Gasteiger partial charge in [0.25, 0.3) is 0 Å². The van der Waals surface area contributed by atoms with Crippen LogP contribution in [-0.2, 0) is 22.1 Å². The van der Waals surface area contributed by atoms with Crippen molar-refractivity contribution >= 4 is 32.7 Å². The van der Waals surface area contributed by atoms with E-state index in [0.29, 0.717) is 35.6 Å². The number of hydrogen-bond donors (Lipinski definition) is 0. The first-order chi connectivity index (χ1) is 12.6. The van der Waals surface area contributed by atoms with Crippen molar-refractivity contribution in [2.45, 2.75) is 29.8 Å². The number of benzene rings is 1. The fourth-order valence-electron chi connectivity index (χ4n) is 3.12. The van der Waals surface area contributed by atoms with Crippen molar-refractivity contribution in [3.8, 4) is 0 Å². The quantitative estimate of drug-likeness (QED) is 0.472. The lowest BCUT2D eigenvalue weighted by Crippen LogP contribution is -2.11. The Morgan fingerprint density at radius 3 is 2.92 bits per heavy atom. The van der Waals surface area contributed by atoms with Crippen molar-refractivity contribution in [3.05, 3.63) is 48.6 Å². The molecule has 1 aliphatic rings. The van der Waals surface area contributed by atoms with E-state index in [1.54, 1.807) is 6.08 Å². The van der Waals surface area contributed by atoms with E-state index >= 15 is 0 Å². The second kappa shape index (κ2) is 6.88. The average Bonchev–Trinajstić information content (AvgIpc) is 3.29. The van der Waals surface area contributed by atoms with Gasteiger partial charge in [0.15, 0.2) is 20.6 Å². The zero-order chi connectivity index (χ0) is 18.1. The monoisotopic (exact) mass is 390 g/mol. The highest BCUT2D eigenvalue weighted by atomic mass is 32.2. The van der Waals surface area contributed by atoms with Gasteiger partial charge in [-0.25, -0.2) is 13.4 Å². The van der Waals surface area contributed by atoms with Gasteiger partial charge in [-0.3, -0.25) is 0 Å². The topological polar surface area (TPSA) is 90.9 Å². The summed E-state index contributed by atoms with van der Waals surface area (Å²) < 4.78 is 31.2. The van der Waals surface area contributed by atoms with E-state index in [2.05, 4.69) is 21.8 Å². The van der Waals surface area contributed by atoms with Gasteiger partial charge in [0.05, 0.1) is 17.3 Å². The molecule has 0 unspecified atom stereocenters. The molecule has 0 bridgehead atoms. The van der Waals surface area contributed by atoms with Crippen molar-refractivity contribution in [2.24, 2.45) is 0 Å². The SMILES string of the molecule is C=CCn1c(SCc2nc3ccccc3o2)nnc1[C@@H]1CCS(=O)(=O)C1. The van der Waals surface area contributed by atoms with E-state index in [0.717, 1.165) is 11.1 Å². The second-order valence-corrected chi connectivity index (χ2v) is 9.38. The molecule has 9 heteroatoms. The Morgan fingerprint density at radius 1 is 1.35 bits per heavy atom. The number of nitrogens with zero attached hydrogens (tertiary/aromatic N) is 4. The molecule has 0 N–H and O–H groups in total. The summed E-state index contributed by atoms with van der Waals surface area (Å²) in [5, 5.41) is 9.24. The summed E-state index contributed by atoms with van der Waals surface area (Å²) in [5.74, 6) is 2.10. The fraction of sp³-hybridized carbons (Fsp3) is 0.353. The zero-order valence-corrected chi connectivity index (χ0v) is 15.7. The van der Waals surface area contributed by atoms with Gasteiger partial charge in [-0.15, -0.1) is 16.8 Å². The van der Waals surface area contributed by atoms with Crippen LogP contribution in [0, 0.1) is 0 Å². The molecule has 26 heavy (non-hydrogen) atoms. The van der Waals surface area contributed by atoms with Crippen LogP contribution >= 0.6 is 11.8 Å². The highest BCUT2D eigenvalue weighted by Gasteiger charge is 2.33. The highest BCUT2D eigenvalue weighted by molar-refractivity contribution is 7.98. The third-order valence-corrected chi connectivity index (χ3v) is 7.04. The molecule has 0 aliphatic carbocycles. The summed E-state index contributed by atoms with van der Waals surface area (Å²) in [7, 11) is -2.97. The van der Waals surface area contributed by atoms with Crippen LogP contribution in [0.25, 0.3) is 11.1 Å². The van der Waals surface area contributed by atoms with Crippen LogP contribution < -0.4 is 0 Å². The molecule has 1 aromatic carbocycles. The lowest BCUT2D eigenvalue weighted by Gasteiger charge is -2.10. The number of hydrogen-bond acceptors (Lipinski definition) is 7. The maximum atomic E-state index is 11.8. The summed E-state index contributed by atoms with van der Waals surface area (Å²) >= 11 is 1.47. The van der Waals surface area contributed by atoms with Crippen molar-refractivity contribution < 1.29 is 12.8 Å². The molecule has 1 aliphatic heterocycles. The van der Waals surface area contributed by atoms with Crippen LogP contribution in [0.4, 0.5) is 0 Å². The van der Waals surface area contributed by atoms with Crippen LogP contribution in [-0.4, -0.2) is 39.7 Å². The summed E-state index contributed by atoms with van der Waals surface area (Å²) in [5.41, 5.74) is 1.58. The third-order valence-electron chi connectivity index (χ3n) is 4.32. The average molecular weight is 390 g/mol. The van der Waals surface area contributed by atoms with Gasteiger partial charge < -0.3 is 8.98 Å². The number of fused-ring (bicyclic) bond motifs is 1. The van der Waals surface area contributed by atoms with Gasteiger partial charge in [0.2, 0.25) is 5.89 Å². The lowest BCUT2D eigenvalue weighted by atomic mass is 10.1. The number of para-hydroxylation sites is 2. The Morgan fingerprint density at radius 2 is 2.19 bits per heavy atom. The maximum Gasteiger partial charge on any atom is 0.205 e. The molecular formula is C17H18N4O3S2. The zero-order valence-electron chi connectivity index (χ0n) is 14.0. The number of rotatable bonds is 6. The lowest BCUT2D eigenvalue weighted by molar-refractivity contribution is 0.555. The molecule has 7 nitrogen and oxygen atoms in total. The molecule has 1 fully saturated rings. The van der Waals surface area contributed by atoms with E-state index < -0.39 is 9.84 Å². The van der Waals surface area contributed by atoms with Crippen molar-refractivity contribution in [1.82, 2.24) is 19.7 Å². The molecule has 1 atom stereocenters. The molecule has 3 heterocycles.